The number of carbonyl (C=O) groups excluding carboxylic acids is 1. The largest absolute Gasteiger partial charge is 0.495 e. The molecule has 2 heterocycles. The summed E-state index contributed by atoms with van der Waals surface area (Å²) in [4.78, 5) is 31.0. The van der Waals surface area contributed by atoms with Crippen LogP contribution in [0.25, 0.3) is 0 Å². The minimum Gasteiger partial charge on any atom is -0.495 e. The van der Waals surface area contributed by atoms with Crippen LogP contribution in [-0.4, -0.2) is 86.3 Å². The van der Waals surface area contributed by atoms with E-state index in [4.69, 9.17) is 9.47 Å². The molecule has 0 radical (unpaired) electrons. The normalized spacial score (nSPS) is 20.7. The molecule has 2 fully saturated rings. The van der Waals surface area contributed by atoms with E-state index in [9.17, 15) is 14.7 Å². The van der Waals surface area contributed by atoms with Crippen LogP contribution in [0.1, 0.15) is 19.3 Å². The van der Waals surface area contributed by atoms with Gasteiger partial charge in [0.25, 0.3) is 5.91 Å². The van der Waals surface area contributed by atoms with Crippen LogP contribution in [-0.2, 0) is 9.59 Å². The zero-order chi connectivity index (χ0) is 25.3. The third kappa shape index (κ3) is 6.91. The molecule has 8 nitrogen and oxygen atoms in total. The van der Waals surface area contributed by atoms with E-state index < -0.39 is 5.97 Å². The Morgan fingerprint density at radius 1 is 0.944 bits per heavy atom. The van der Waals surface area contributed by atoms with Crippen molar-refractivity contribution in [2.45, 2.75) is 19.3 Å². The van der Waals surface area contributed by atoms with E-state index in [-0.39, 0.29) is 30.8 Å². The van der Waals surface area contributed by atoms with Crippen LogP contribution in [0.15, 0.2) is 54.6 Å². The van der Waals surface area contributed by atoms with E-state index in [0.717, 1.165) is 57.0 Å². The van der Waals surface area contributed by atoms with Gasteiger partial charge in [0, 0.05) is 45.7 Å². The zero-order valence-electron chi connectivity index (χ0n) is 21.1. The maximum absolute atomic E-state index is 12.8. The Balaban J connectivity index is 1.29. The molecule has 4 rings (SSSR count). The molecule has 2 atom stereocenters. The van der Waals surface area contributed by atoms with Crippen LogP contribution in [0, 0.1) is 11.8 Å². The van der Waals surface area contributed by atoms with Crippen molar-refractivity contribution in [1.29, 1.82) is 0 Å². The van der Waals surface area contributed by atoms with Crippen molar-refractivity contribution in [3.8, 4) is 11.5 Å². The van der Waals surface area contributed by atoms with Crippen LogP contribution in [0.3, 0.4) is 0 Å². The number of likely N-dealkylation sites (tertiary alicyclic amines) is 1. The molecule has 0 aliphatic carbocycles. The summed E-state index contributed by atoms with van der Waals surface area (Å²) < 4.78 is 11.2. The van der Waals surface area contributed by atoms with Gasteiger partial charge in [0.15, 0.2) is 6.61 Å². The quantitative estimate of drug-likeness (QED) is 0.542. The summed E-state index contributed by atoms with van der Waals surface area (Å²) in [6.45, 7) is 5.83. The fourth-order valence-corrected chi connectivity index (χ4v) is 5.33. The van der Waals surface area contributed by atoms with Crippen LogP contribution < -0.4 is 14.4 Å². The van der Waals surface area contributed by atoms with Gasteiger partial charge in [0.1, 0.15) is 11.5 Å². The first-order valence-corrected chi connectivity index (χ1v) is 12.8. The number of carbonyl (C=O) groups is 2. The lowest BCUT2D eigenvalue weighted by Gasteiger charge is -2.40. The Bertz CT molecular complexity index is 994. The number of methoxy groups -OCH3 is 1. The minimum absolute atomic E-state index is 0.00520. The molecule has 2 saturated heterocycles. The Hall–Kier alpha value is -3.26. The highest BCUT2D eigenvalue weighted by atomic mass is 16.5. The van der Waals surface area contributed by atoms with Gasteiger partial charge in [0.05, 0.1) is 12.8 Å². The lowest BCUT2D eigenvalue weighted by Crippen LogP contribution is -2.49. The van der Waals surface area contributed by atoms with Crippen molar-refractivity contribution in [2.75, 3.05) is 64.4 Å². The number of rotatable bonds is 10. The second kappa shape index (κ2) is 12.6. The number of nitrogens with zero attached hydrogens (tertiary/aromatic N) is 3. The first kappa shape index (κ1) is 25.8. The number of aliphatic carboxylic acids is 1. The summed E-state index contributed by atoms with van der Waals surface area (Å²) in [7, 11) is 1.70. The lowest BCUT2D eigenvalue weighted by molar-refractivity contribution is -0.140. The fourth-order valence-electron chi connectivity index (χ4n) is 5.33. The molecular formula is C28H37N3O5. The number of hydrogen-bond donors (Lipinski definition) is 1. The van der Waals surface area contributed by atoms with Gasteiger partial charge >= 0.3 is 5.97 Å². The highest BCUT2D eigenvalue weighted by molar-refractivity contribution is 5.78. The summed E-state index contributed by atoms with van der Waals surface area (Å²) in [6, 6.07) is 17.4. The molecule has 1 amide bonds. The van der Waals surface area contributed by atoms with Crippen molar-refractivity contribution in [2.24, 2.45) is 11.8 Å². The molecule has 2 aliphatic heterocycles. The molecule has 0 aromatic heterocycles. The number of amides is 1. The maximum atomic E-state index is 12.8. The second-order valence-corrected chi connectivity index (χ2v) is 9.64. The summed E-state index contributed by atoms with van der Waals surface area (Å²) in [5.74, 6) is 1.03. The van der Waals surface area contributed by atoms with Crippen LogP contribution >= 0.6 is 0 Å². The van der Waals surface area contributed by atoms with Crippen molar-refractivity contribution >= 4 is 17.6 Å². The molecule has 2 unspecified atom stereocenters. The van der Waals surface area contributed by atoms with E-state index in [0.29, 0.717) is 18.8 Å². The van der Waals surface area contributed by atoms with Gasteiger partial charge in [-0.2, -0.15) is 0 Å². The SMILES string of the molecule is COc1ccccc1N1CCN(CCC2CN(C(=O)COc3ccccc3)CCC2CC(=O)O)CC1. The number of carboxylic acid groups (broad SMARTS) is 1. The van der Waals surface area contributed by atoms with Crippen LogP contribution in [0.2, 0.25) is 0 Å². The average molecular weight is 496 g/mol. The average Bonchev–Trinajstić information content (AvgIpc) is 2.91. The molecule has 2 aliphatic rings. The Kier molecular flexibility index (Phi) is 9.06. The smallest absolute Gasteiger partial charge is 0.303 e. The lowest BCUT2D eigenvalue weighted by atomic mass is 9.81. The molecule has 194 valence electrons. The highest BCUT2D eigenvalue weighted by Crippen LogP contribution is 2.31. The number of para-hydroxylation sites is 3. The van der Waals surface area contributed by atoms with Gasteiger partial charge in [-0.15, -0.1) is 0 Å². The molecule has 1 N–H and O–H groups in total. The standard InChI is InChI=1S/C28H37N3O5/c1-35-26-10-6-5-9-25(26)30-17-15-29(16-18-30)13-11-23-20-31(14-12-22(23)19-28(33)34)27(32)21-36-24-7-3-2-4-8-24/h2-10,22-23H,11-21H2,1H3,(H,33,34). The molecule has 2 aromatic rings. The first-order chi connectivity index (χ1) is 17.5. The highest BCUT2D eigenvalue weighted by Gasteiger charge is 2.33. The van der Waals surface area contributed by atoms with E-state index >= 15 is 0 Å². The summed E-state index contributed by atoms with van der Waals surface area (Å²) in [6.07, 6.45) is 1.76. The van der Waals surface area contributed by atoms with Gasteiger partial charge in [-0.05, 0) is 55.5 Å². The van der Waals surface area contributed by atoms with E-state index in [1.807, 2.05) is 53.4 Å². The van der Waals surface area contributed by atoms with Gasteiger partial charge < -0.3 is 24.4 Å². The van der Waals surface area contributed by atoms with E-state index in [1.165, 1.54) is 0 Å². The topological polar surface area (TPSA) is 82.5 Å². The maximum Gasteiger partial charge on any atom is 0.303 e. The minimum atomic E-state index is -0.761. The van der Waals surface area contributed by atoms with Gasteiger partial charge in [-0.25, -0.2) is 0 Å². The first-order valence-electron chi connectivity index (χ1n) is 12.8. The zero-order valence-corrected chi connectivity index (χ0v) is 21.1. The van der Waals surface area contributed by atoms with E-state index in [1.54, 1.807) is 7.11 Å². The third-order valence-corrected chi connectivity index (χ3v) is 7.40. The Morgan fingerprint density at radius 2 is 1.67 bits per heavy atom. The van der Waals surface area contributed by atoms with Crippen molar-refractivity contribution in [3.63, 3.8) is 0 Å². The molecule has 0 saturated carbocycles. The summed E-state index contributed by atoms with van der Waals surface area (Å²) in [5.41, 5.74) is 1.13. The van der Waals surface area contributed by atoms with Crippen molar-refractivity contribution in [3.05, 3.63) is 54.6 Å². The Labute approximate surface area is 213 Å². The van der Waals surface area contributed by atoms with Crippen LogP contribution in [0.5, 0.6) is 11.5 Å². The third-order valence-electron chi connectivity index (χ3n) is 7.40. The molecule has 2 aromatic carbocycles. The van der Waals surface area contributed by atoms with Gasteiger partial charge in [0.2, 0.25) is 0 Å². The molecule has 36 heavy (non-hydrogen) atoms. The fraction of sp³-hybridized carbons (Fsp3) is 0.500. The number of benzene rings is 2. The van der Waals surface area contributed by atoms with Gasteiger partial charge in [-0.1, -0.05) is 30.3 Å². The van der Waals surface area contributed by atoms with Gasteiger partial charge in [-0.3, -0.25) is 14.5 Å². The molecule has 0 bridgehead atoms. The molecule has 0 spiro atoms. The number of piperidine rings is 1. The number of hydrogen-bond acceptors (Lipinski definition) is 6. The number of anilines is 1. The number of piperazine rings is 1. The van der Waals surface area contributed by atoms with Crippen molar-refractivity contribution < 1.29 is 24.2 Å². The van der Waals surface area contributed by atoms with Crippen molar-refractivity contribution in [1.82, 2.24) is 9.80 Å². The van der Waals surface area contributed by atoms with Crippen LogP contribution in [0.4, 0.5) is 5.69 Å². The summed E-state index contributed by atoms with van der Waals surface area (Å²) >= 11 is 0. The molecular weight excluding hydrogens is 458 g/mol. The second-order valence-electron chi connectivity index (χ2n) is 9.64. The number of carboxylic acids is 1. The predicted molar refractivity (Wildman–Crippen MR) is 139 cm³/mol. The monoisotopic (exact) mass is 495 g/mol. The van der Waals surface area contributed by atoms with E-state index in [2.05, 4.69) is 15.9 Å². The Morgan fingerprint density at radius 3 is 2.39 bits per heavy atom. The predicted octanol–water partition coefficient (Wildman–Crippen LogP) is 3.23. The molecule has 8 heteroatoms. The summed E-state index contributed by atoms with van der Waals surface area (Å²) in [5, 5.41) is 9.44. The number of ether oxygens (including phenoxy) is 2.